The van der Waals surface area contributed by atoms with Gasteiger partial charge in [0.1, 0.15) is 0 Å². The van der Waals surface area contributed by atoms with Crippen LogP contribution in [0.2, 0.25) is 0 Å². The summed E-state index contributed by atoms with van der Waals surface area (Å²) in [6, 6.07) is 8.33. The van der Waals surface area contributed by atoms with E-state index in [0.717, 1.165) is 19.3 Å². The zero-order chi connectivity index (χ0) is 16.4. The van der Waals surface area contributed by atoms with Gasteiger partial charge >= 0.3 is 5.69 Å². The monoisotopic (exact) mass is 313 g/mol. The van der Waals surface area contributed by atoms with Crippen molar-refractivity contribution in [1.29, 1.82) is 0 Å². The molecule has 3 rings (SSSR count). The predicted molar refractivity (Wildman–Crippen MR) is 86.5 cm³/mol. The van der Waals surface area contributed by atoms with Gasteiger partial charge < -0.3 is 10.3 Å². The number of carbonyl (C=O) groups is 1. The Balaban J connectivity index is 1.67. The fraction of sp³-hybridized carbons (Fsp3) is 0.353. The Morgan fingerprint density at radius 2 is 1.96 bits per heavy atom. The minimum atomic E-state index is -0.555. The van der Waals surface area contributed by atoms with Gasteiger partial charge in [0.25, 0.3) is 5.56 Å². The van der Waals surface area contributed by atoms with Crippen LogP contribution in [-0.2, 0) is 24.1 Å². The molecule has 0 saturated carbocycles. The smallest absolute Gasteiger partial charge is 0.325 e. The Kier molecular flexibility index (Phi) is 4.14. The molecule has 6 heteroatoms. The first-order valence-electron chi connectivity index (χ1n) is 7.71. The number of hydrogen-bond acceptors (Lipinski definition) is 3. The molecule has 120 valence electrons. The van der Waals surface area contributed by atoms with E-state index in [1.54, 1.807) is 6.92 Å². The fourth-order valence-electron chi connectivity index (χ4n) is 3.10. The number of aromatic amines is 2. The van der Waals surface area contributed by atoms with Crippen molar-refractivity contribution in [1.82, 2.24) is 15.3 Å². The van der Waals surface area contributed by atoms with Crippen molar-refractivity contribution in [2.75, 3.05) is 0 Å². The highest BCUT2D eigenvalue weighted by atomic mass is 16.2. The fourth-order valence-corrected chi connectivity index (χ4v) is 3.10. The van der Waals surface area contributed by atoms with E-state index in [1.807, 2.05) is 12.1 Å². The van der Waals surface area contributed by atoms with Crippen LogP contribution in [0.3, 0.4) is 0 Å². The van der Waals surface area contributed by atoms with Gasteiger partial charge in [-0.2, -0.15) is 0 Å². The van der Waals surface area contributed by atoms with E-state index in [2.05, 4.69) is 27.4 Å². The van der Waals surface area contributed by atoms with Crippen molar-refractivity contribution in [2.45, 2.75) is 38.6 Å². The van der Waals surface area contributed by atoms with E-state index in [1.165, 1.54) is 11.1 Å². The predicted octanol–water partition coefficient (Wildman–Crippen LogP) is 0.588. The number of hydrogen-bond donors (Lipinski definition) is 3. The molecule has 0 saturated heterocycles. The molecule has 1 unspecified atom stereocenters. The normalized spacial score (nSPS) is 16.7. The second-order valence-electron chi connectivity index (χ2n) is 5.96. The Morgan fingerprint density at radius 3 is 2.70 bits per heavy atom. The number of H-pyrrole nitrogens is 2. The first kappa shape index (κ1) is 15.3. The van der Waals surface area contributed by atoms with Crippen LogP contribution in [0.1, 0.15) is 28.8 Å². The molecule has 3 N–H and O–H groups in total. The van der Waals surface area contributed by atoms with Crippen LogP contribution in [0.15, 0.2) is 33.9 Å². The number of aryl methyl sites for hydroxylation is 2. The molecule has 1 amide bonds. The summed E-state index contributed by atoms with van der Waals surface area (Å²) in [4.78, 5) is 39.9. The summed E-state index contributed by atoms with van der Waals surface area (Å²) in [5, 5.41) is 2.99. The van der Waals surface area contributed by atoms with E-state index in [-0.39, 0.29) is 18.4 Å². The molecule has 1 aliphatic rings. The molecule has 1 aromatic heterocycles. The van der Waals surface area contributed by atoms with Gasteiger partial charge in [0.05, 0.1) is 6.42 Å². The zero-order valence-corrected chi connectivity index (χ0v) is 12.9. The molecule has 1 atom stereocenters. The van der Waals surface area contributed by atoms with Gasteiger partial charge in [0.15, 0.2) is 0 Å². The van der Waals surface area contributed by atoms with Crippen molar-refractivity contribution >= 4 is 5.91 Å². The largest absolute Gasteiger partial charge is 0.353 e. The standard InChI is InChI=1S/C17H19N3O3/c1-10-14(16(22)20-17(23)18-10)9-15(21)19-13-7-6-11-4-2-3-5-12(11)8-13/h2-5,13H,6-9H2,1H3,(H,19,21)(H2,18,20,22,23). The summed E-state index contributed by atoms with van der Waals surface area (Å²) in [5.74, 6) is -0.199. The molecule has 2 aromatic rings. The molecule has 1 aliphatic carbocycles. The second kappa shape index (κ2) is 6.24. The van der Waals surface area contributed by atoms with Crippen LogP contribution < -0.4 is 16.6 Å². The second-order valence-corrected chi connectivity index (χ2v) is 5.96. The molecule has 23 heavy (non-hydrogen) atoms. The number of nitrogens with one attached hydrogen (secondary N) is 3. The number of fused-ring (bicyclic) bond motifs is 1. The van der Waals surface area contributed by atoms with E-state index < -0.39 is 11.2 Å². The maximum Gasteiger partial charge on any atom is 0.325 e. The van der Waals surface area contributed by atoms with Crippen molar-refractivity contribution in [2.24, 2.45) is 0 Å². The van der Waals surface area contributed by atoms with Crippen LogP contribution in [0, 0.1) is 6.92 Å². The lowest BCUT2D eigenvalue weighted by atomic mass is 9.88. The quantitative estimate of drug-likeness (QED) is 0.774. The Bertz CT molecular complexity index is 851. The van der Waals surface area contributed by atoms with Gasteiger partial charge in [-0.25, -0.2) is 4.79 Å². The summed E-state index contributed by atoms with van der Waals surface area (Å²) in [6.45, 7) is 1.62. The molecule has 0 spiro atoms. The van der Waals surface area contributed by atoms with Crippen molar-refractivity contribution in [3.63, 3.8) is 0 Å². The van der Waals surface area contributed by atoms with Crippen LogP contribution in [0.5, 0.6) is 0 Å². The van der Waals surface area contributed by atoms with Crippen LogP contribution in [0.25, 0.3) is 0 Å². The minimum absolute atomic E-state index is 0.0317. The van der Waals surface area contributed by atoms with Gasteiger partial charge in [-0.05, 0) is 37.3 Å². The third-order valence-electron chi connectivity index (χ3n) is 4.30. The highest BCUT2D eigenvalue weighted by molar-refractivity contribution is 5.79. The van der Waals surface area contributed by atoms with E-state index in [0.29, 0.717) is 11.3 Å². The zero-order valence-electron chi connectivity index (χ0n) is 12.9. The molecule has 6 nitrogen and oxygen atoms in total. The summed E-state index contributed by atoms with van der Waals surface area (Å²) < 4.78 is 0. The lowest BCUT2D eigenvalue weighted by molar-refractivity contribution is -0.121. The third kappa shape index (κ3) is 3.41. The number of carbonyl (C=O) groups excluding carboxylic acids is 1. The van der Waals surface area contributed by atoms with Crippen molar-refractivity contribution in [3.05, 3.63) is 67.5 Å². The Morgan fingerprint density at radius 1 is 1.22 bits per heavy atom. The summed E-state index contributed by atoms with van der Waals surface area (Å²) >= 11 is 0. The lowest BCUT2D eigenvalue weighted by Crippen LogP contribution is -2.41. The third-order valence-corrected chi connectivity index (χ3v) is 4.30. The average molecular weight is 313 g/mol. The molecular formula is C17H19N3O3. The van der Waals surface area contributed by atoms with E-state index in [9.17, 15) is 14.4 Å². The van der Waals surface area contributed by atoms with Gasteiger partial charge in [-0.1, -0.05) is 24.3 Å². The minimum Gasteiger partial charge on any atom is -0.353 e. The maximum atomic E-state index is 12.2. The van der Waals surface area contributed by atoms with Gasteiger partial charge in [-0.3, -0.25) is 14.6 Å². The molecule has 1 heterocycles. The van der Waals surface area contributed by atoms with Gasteiger partial charge in [0.2, 0.25) is 5.91 Å². The topological polar surface area (TPSA) is 94.8 Å². The molecule has 0 radical (unpaired) electrons. The van der Waals surface area contributed by atoms with Crippen LogP contribution in [0.4, 0.5) is 0 Å². The summed E-state index contributed by atoms with van der Waals surface area (Å²) in [6.07, 6.45) is 2.61. The van der Waals surface area contributed by atoms with Crippen LogP contribution >= 0.6 is 0 Å². The molecule has 0 aliphatic heterocycles. The SMILES string of the molecule is Cc1[nH]c(=O)[nH]c(=O)c1CC(=O)NC1CCc2ccccc2C1. The highest BCUT2D eigenvalue weighted by Gasteiger charge is 2.20. The molecule has 1 aromatic carbocycles. The van der Waals surface area contributed by atoms with Crippen LogP contribution in [-0.4, -0.2) is 21.9 Å². The highest BCUT2D eigenvalue weighted by Crippen LogP contribution is 2.21. The number of benzene rings is 1. The first-order chi connectivity index (χ1) is 11.0. The van der Waals surface area contributed by atoms with Gasteiger partial charge in [-0.15, -0.1) is 0 Å². The van der Waals surface area contributed by atoms with Gasteiger partial charge in [0, 0.05) is 17.3 Å². The lowest BCUT2D eigenvalue weighted by Gasteiger charge is -2.25. The van der Waals surface area contributed by atoms with Crippen molar-refractivity contribution in [3.8, 4) is 0 Å². The number of amides is 1. The Hall–Kier alpha value is -2.63. The van der Waals surface area contributed by atoms with E-state index in [4.69, 9.17) is 0 Å². The summed E-state index contributed by atoms with van der Waals surface area (Å²) in [5.41, 5.74) is 2.28. The summed E-state index contributed by atoms with van der Waals surface area (Å²) in [7, 11) is 0. The van der Waals surface area contributed by atoms with E-state index >= 15 is 0 Å². The molecule has 0 fully saturated rings. The average Bonchev–Trinajstić information content (AvgIpc) is 2.51. The number of rotatable bonds is 3. The Labute approximate surface area is 133 Å². The first-order valence-corrected chi connectivity index (χ1v) is 7.71. The van der Waals surface area contributed by atoms with Crippen molar-refractivity contribution < 1.29 is 4.79 Å². The maximum absolute atomic E-state index is 12.2. The molecule has 0 bridgehead atoms. The number of aromatic nitrogens is 2. The molecular weight excluding hydrogens is 294 g/mol.